The molecule has 0 N–H and O–H groups in total. The van der Waals surface area contributed by atoms with Gasteiger partial charge in [0, 0.05) is 12.1 Å². The maximum Gasteiger partial charge on any atom is 0.190 e. The molecule has 0 spiro atoms. The molecule has 0 aliphatic carbocycles. The van der Waals surface area contributed by atoms with Crippen LogP contribution in [0.2, 0.25) is 18.1 Å². The van der Waals surface area contributed by atoms with Crippen LogP contribution < -0.4 is 0 Å². The highest BCUT2D eigenvalue weighted by molar-refractivity contribution is 6.70. The minimum atomic E-state index is -1.48. The Labute approximate surface area is 85.8 Å². The molecule has 0 aliphatic rings. The monoisotopic (exact) mass is 214 g/mol. The minimum absolute atomic E-state index is 0.792. The first-order valence-electron chi connectivity index (χ1n) is 4.33. The zero-order valence-corrected chi connectivity index (χ0v) is 10.1. The Hall–Kier alpha value is -0.313. The largest absolute Gasteiger partial charge is 0.420 e. The Morgan fingerprint density at radius 3 is 2.23 bits per heavy atom. The van der Waals surface area contributed by atoms with Crippen molar-refractivity contribution < 1.29 is 4.43 Å². The highest BCUT2D eigenvalue weighted by Gasteiger charge is 2.20. The van der Waals surface area contributed by atoms with Crippen molar-refractivity contribution in [2.75, 3.05) is 7.11 Å². The van der Waals surface area contributed by atoms with Gasteiger partial charge in [-0.2, -0.15) is 0 Å². The molecular weight excluding hydrogens is 200 g/mol. The van der Waals surface area contributed by atoms with E-state index in [9.17, 15) is 0 Å². The van der Waals surface area contributed by atoms with Crippen LogP contribution in [-0.2, 0) is 10.5 Å². The van der Waals surface area contributed by atoms with Crippen LogP contribution in [0.4, 0.5) is 0 Å². The van der Waals surface area contributed by atoms with E-state index in [4.69, 9.17) is 16.0 Å². The molecule has 0 atom stereocenters. The van der Waals surface area contributed by atoms with E-state index in [1.54, 1.807) is 7.11 Å². The van der Waals surface area contributed by atoms with E-state index >= 15 is 0 Å². The minimum Gasteiger partial charge on any atom is -0.420 e. The van der Waals surface area contributed by atoms with Crippen LogP contribution in [0.25, 0.3) is 0 Å². The quantitative estimate of drug-likeness (QED) is 0.702. The van der Waals surface area contributed by atoms with E-state index in [-0.39, 0.29) is 0 Å². The van der Waals surface area contributed by atoms with E-state index in [1.165, 1.54) is 5.56 Å². The Bertz CT molecular complexity index is 269. The van der Waals surface area contributed by atoms with Crippen LogP contribution >= 0.6 is 11.6 Å². The van der Waals surface area contributed by atoms with Gasteiger partial charge in [0.2, 0.25) is 0 Å². The highest BCUT2D eigenvalue weighted by atomic mass is 35.5. The summed E-state index contributed by atoms with van der Waals surface area (Å²) >= 11 is 5.80. The van der Waals surface area contributed by atoms with E-state index in [1.807, 2.05) is 12.1 Å². The van der Waals surface area contributed by atoms with Gasteiger partial charge in [-0.15, -0.1) is 0 Å². The lowest BCUT2D eigenvalue weighted by Crippen LogP contribution is -2.32. The van der Waals surface area contributed by atoms with Gasteiger partial charge in [-0.1, -0.05) is 23.7 Å². The van der Waals surface area contributed by atoms with Crippen molar-refractivity contribution in [3.8, 4) is 0 Å². The number of hydrogen-bond donors (Lipinski definition) is 0. The first-order valence-corrected chi connectivity index (χ1v) is 7.82. The van der Waals surface area contributed by atoms with Crippen LogP contribution in [0.1, 0.15) is 5.56 Å². The fourth-order valence-corrected chi connectivity index (χ4v) is 2.66. The molecule has 1 rings (SSSR count). The molecule has 0 amide bonds. The molecule has 0 bridgehead atoms. The number of hydrogen-bond acceptors (Lipinski definition) is 1. The van der Waals surface area contributed by atoms with Gasteiger partial charge in [-0.25, -0.2) is 0 Å². The van der Waals surface area contributed by atoms with Gasteiger partial charge in [0.1, 0.15) is 0 Å². The fourth-order valence-electron chi connectivity index (χ4n) is 1.17. The summed E-state index contributed by atoms with van der Waals surface area (Å²) in [5.41, 5.74) is 1.31. The molecule has 0 aromatic heterocycles. The summed E-state index contributed by atoms with van der Waals surface area (Å²) < 4.78 is 5.48. The van der Waals surface area contributed by atoms with Crippen molar-refractivity contribution in [2.45, 2.75) is 19.1 Å². The summed E-state index contributed by atoms with van der Waals surface area (Å²) in [6.45, 7) is 4.42. The van der Waals surface area contributed by atoms with Crippen LogP contribution in [0.3, 0.4) is 0 Å². The normalized spacial score (nSPS) is 11.7. The van der Waals surface area contributed by atoms with Crippen LogP contribution in [0.5, 0.6) is 0 Å². The van der Waals surface area contributed by atoms with Gasteiger partial charge in [0.15, 0.2) is 8.32 Å². The Balaban J connectivity index is 2.69. The van der Waals surface area contributed by atoms with Crippen LogP contribution in [-0.4, -0.2) is 15.4 Å². The molecule has 72 valence electrons. The molecule has 3 heteroatoms. The van der Waals surface area contributed by atoms with Crippen molar-refractivity contribution in [1.82, 2.24) is 0 Å². The summed E-state index contributed by atoms with van der Waals surface area (Å²) in [4.78, 5) is 0. The summed E-state index contributed by atoms with van der Waals surface area (Å²) in [6.07, 6.45) is 0. The lowest BCUT2D eigenvalue weighted by molar-refractivity contribution is 0.403. The van der Waals surface area contributed by atoms with Gasteiger partial charge in [0.05, 0.1) is 0 Å². The second-order valence-corrected chi connectivity index (χ2v) is 8.48. The van der Waals surface area contributed by atoms with Crippen molar-refractivity contribution >= 4 is 19.9 Å². The molecule has 0 aliphatic heterocycles. The maximum atomic E-state index is 5.80. The molecule has 0 heterocycles. The molecule has 1 nitrogen and oxygen atoms in total. The third-order valence-electron chi connectivity index (χ3n) is 2.10. The van der Waals surface area contributed by atoms with E-state index < -0.39 is 8.32 Å². The van der Waals surface area contributed by atoms with Crippen molar-refractivity contribution in [2.24, 2.45) is 0 Å². The first kappa shape index (κ1) is 10.8. The van der Waals surface area contributed by atoms with Crippen molar-refractivity contribution in [1.29, 1.82) is 0 Å². The lowest BCUT2D eigenvalue weighted by atomic mass is 10.2. The van der Waals surface area contributed by atoms with Crippen LogP contribution in [0, 0.1) is 0 Å². The average molecular weight is 215 g/mol. The van der Waals surface area contributed by atoms with Crippen molar-refractivity contribution in [3.63, 3.8) is 0 Å². The van der Waals surface area contributed by atoms with Crippen molar-refractivity contribution in [3.05, 3.63) is 34.9 Å². The van der Waals surface area contributed by atoms with Gasteiger partial charge in [0.25, 0.3) is 0 Å². The molecule has 0 saturated carbocycles. The van der Waals surface area contributed by atoms with E-state index in [0.717, 1.165) is 11.1 Å². The van der Waals surface area contributed by atoms with Gasteiger partial charge >= 0.3 is 0 Å². The number of halogens is 1. The predicted molar refractivity (Wildman–Crippen MR) is 59.6 cm³/mol. The third-order valence-corrected chi connectivity index (χ3v) is 4.71. The maximum absolute atomic E-state index is 5.80. The molecular formula is C10H15ClOSi. The molecule has 1 aromatic carbocycles. The molecule has 13 heavy (non-hydrogen) atoms. The topological polar surface area (TPSA) is 9.23 Å². The number of benzene rings is 1. The summed E-state index contributed by atoms with van der Waals surface area (Å²) in [6, 6.07) is 9.03. The van der Waals surface area contributed by atoms with Gasteiger partial charge in [-0.05, 0) is 36.8 Å². The second kappa shape index (κ2) is 4.27. The number of rotatable bonds is 3. The Morgan fingerprint density at radius 1 is 1.23 bits per heavy atom. The predicted octanol–water partition coefficient (Wildman–Crippen LogP) is 3.27. The van der Waals surface area contributed by atoms with Gasteiger partial charge in [-0.3, -0.25) is 0 Å². The van der Waals surface area contributed by atoms with E-state index in [0.29, 0.717) is 0 Å². The smallest absolute Gasteiger partial charge is 0.190 e. The third kappa shape index (κ3) is 3.51. The Morgan fingerprint density at radius 2 is 1.77 bits per heavy atom. The Kier molecular flexibility index (Phi) is 3.53. The van der Waals surface area contributed by atoms with Crippen LogP contribution in [0.15, 0.2) is 24.3 Å². The molecule has 1 aromatic rings. The molecule has 0 saturated heterocycles. The summed E-state index contributed by atoms with van der Waals surface area (Å²) in [7, 11) is 0.315. The van der Waals surface area contributed by atoms with Gasteiger partial charge < -0.3 is 4.43 Å². The molecule has 0 unspecified atom stereocenters. The first-order chi connectivity index (χ1) is 6.03. The fraction of sp³-hybridized carbons (Fsp3) is 0.400. The molecule has 0 fully saturated rings. The summed E-state index contributed by atoms with van der Waals surface area (Å²) in [5.74, 6) is 0. The SMILES string of the molecule is CO[Si](C)(C)Cc1ccc(Cl)cc1. The standard InChI is InChI=1S/C10H15ClOSi/c1-12-13(2,3)8-9-4-6-10(11)7-5-9/h4-7H,8H2,1-3H3. The zero-order chi connectivity index (χ0) is 9.90. The second-order valence-electron chi connectivity index (χ2n) is 3.77. The van der Waals surface area contributed by atoms with E-state index in [2.05, 4.69) is 25.2 Å². The average Bonchev–Trinajstić information content (AvgIpc) is 2.09. The zero-order valence-electron chi connectivity index (χ0n) is 8.30. The highest BCUT2D eigenvalue weighted by Crippen LogP contribution is 2.15. The summed E-state index contributed by atoms with van der Waals surface area (Å²) in [5, 5.41) is 0.792. The molecule has 0 radical (unpaired) electrons. The lowest BCUT2D eigenvalue weighted by Gasteiger charge is -2.19.